The minimum atomic E-state index is -0.885. The first kappa shape index (κ1) is 22.5. The fraction of sp³-hybridized carbons (Fsp3) is 0.857. The Morgan fingerprint density at radius 1 is 0.870 bits per heavy atom. The minimum Gasteiger partial charge on any atom is -0.463 e. The summed E-state index contributed by atoms with van der Waals surface area (Å²) in [5.74, 6) is -0.896. The molecule has 0 saturated heterocycles. The van der Waals surface area contributed by atoms with E-state index in [-0.39, 0.29) is 61.9 Å². The van der Waals surface area contributed by atoms with Gasteiger partial charge in [0.15, 0.2) is 0 Å². The molecule has 5 nitrogen and oxygen atoms in total. The first-order valence-corrected chi connectivity index (χ1v) is 8.87. The van der Waals surface area contributed by atoms with Crippen LogP contribution in [0.2, 0.25) is 0 Å². The van der Waals surface area contributed by atoms with Gasteiger partial charge in [-0.1, -0.05) is 0 Å². The molecule has 0 rings (SSSR count). The van der Waals surface area contributed by atoms with Gasteiger partial charge in [-0.3, -0.25) is 9.59 Å². The lowest BCUT2D eigenvalue weighted by molar-refractivity contribution is -0.174. The highest BCUT2D eigenvalue weighted by Crippen LogP contribution is 2.18. The van der Waals surface area contributed by atoms with Gasteiger partial charge in [0.25, 0.3) is 0 Å². The summed E-state index contributed by atoms with van der Waals surface area (Å²) in [6.07, 6.45) is -0.0227. The standard InChI is InChI=1S/C14H24F2O5S2/c1-13(2,9-19-11(17)5-7-22-15)20-10-14(3,4)21-12(18)6-8-23-16/h5-10H2,1-4H3. The molecule has 136 valence electrons. The van der Waals surface area contributed by atoms with E-state index in [1.807, 2.05) is 0 Å². The molecule has 0 unspecified atom stereocenters. The number of carbonyl (C=O) groups is 2. The molecule has 0 aliphatic carbocycles. The number of carbonyl (C=O) groups excluding carboxylic acids is 2. The fourth-order valence-electron chi connectivity index (χ4n) is 1.37. The van der Waals surface area contributed by atoms with E-state index < -0.39 is 23.1 Å². The highest BCUT2D eigenvalue weighted by Gasteiger charge is 2.29. The smallest absolute Gasteiger partial charge is 0.307 e. The van der Waals surface area contributed by atoms with Crippen LogP contribution >= 0.6 is 24.3 Å². The first-order chi connectivity index (χ1) is 10.6. The zero-order valence-corrected chi connectivity index (χ0v) is 15.5. The molecular weight excluding hydrogens is 350 g/mol. The number of esters is 2. The quantitative estimate of drug-likeness (QED) is 0.483. The molecule has 0 radical (unpaired) electrons. The van der Waals surface area contributed by atoms with Crippen molar-refractivity contribution in [3.63, 3.8) is 0 Å². The maximum absolute atomic E-state index is 11.9. The Bertz CT molecular complexity index is 378. The Morgan fingerprint density at radius 3 is 1.91 bits per heavy atom. The Balaban J connectivity index is 4.18. The molecule has 0 aromatic rings. The van der Waals surface area contributed by atoms with Crippen LogP contribution in [0.3, 0.4) is 0 Å². The van der Waals surface area contributed by atoms with Crippen LogP contribution in [-0.4, -0.2) is 47.9 Å². The second-order valence-corrected chi connectivity index (χ2v) is 7.32. The first-order valence-electron chi connectivity index (χ1n) is 7.10. The van der Waals surface area contributed by atoms with Crippen molar-refractivity contribution >= 4 is 36.2 Å². The summed E-state index contributed by atoms with van der Waals surface area (Å²) in [7, 11) is 0. The van der Waals surface area contributed by atoms with Crippen molar-refractivity contribution in [1.29, 1.82) is 0 Å². The highest BCUT2D eigenvalue weighted by molar-refractivity contribution is 7.94. The summed E-state index contributed by atoms with van der Waals surface area (Å²) in [6, 6.07) is 0. The maximum Gasteiger partial charge on any atom is 0.307 e. The van der Waals surface area contributed by atoms with Crippen molar-refractivity contribution in [3.8, 4) is 0 Å². The van der Waals surface area contributed by atoms with E-state index in [1.54, 1.807) is 27.7 Å². The molecule has 0 fully saturated rings. The van der Waals surface area contributed by atoms with Crippen molar-refractivity contribution in [2.75, 3.05) is 24.7 Å². The van der Waals surface area contributed by atoms with Crippen LogP contribution in [-0.2, 0) is 23.8 Å². The average Bonchev–Trinajstić information content (AvgIpc) is 2.47. The Kier molecular flexibility index (Phi) is 10.8. The van der Waals surface area contributed by atoms with Gasteiger partial charge < -0.3 is 14.2 Å². The third kappa shape index (κ3) is 12.5. The second kappa shape index (κ2) is 11.1. The molecule has 0 aliphatic heterocycles. The highest BCUT2D eigenvalue weighted by atomic mass is 32.2. The van der Waals surface area contributed by atoms with Gasteiger partial charge in [-0.15, -0.1) is 0 Å². The van der Waals surface area contributed by atoms with Crippen molar-refractivity contribution < 1.29 is 31.6 Å². The van der Waals surface area contributed by atoms with Gasteiger partial charge >= 0.3 is 11.9 Å². The van der Waals surface area contributed by atoms with E-state index >= 15 is 0 Å². The van der Waals surface area contributed by atoms with Crippen LogP contribution < -0.4 is 0 Å². The molecule has 0 saturated carbocycles. The summed E-state index contributed by atoms with van der Waals surface area (Å²) >= 11 is 0.166. The Hall–Kier alpha value is -0.540. The van der Waals surface area contributed by atoms with Gasteiger partial charge in [0.2, 0.25) is 0 Å². The van der Waals surface area contributed by atoms with Crippen molar-refractivity contribution in [2.24, 2.45) is 0 Å². The largest absolute Gasteiger partial charge is 0.463 e. The lowest BCUT2D eigenvalue weighted by Crippen LogP contribution is -2.40. The predicted octanol–water partition coefficient (Wildman–Crippen LogP) is 3.66. The van der Waals surface area contributed by atoms with Gasteiger partial charge in [-0.25, -0.2) is 0 Å². The summed E-state index contributed by atoms with van der Waals surface area (Å²) in [5.41, 5.74) is -1.67. The number of rotatable bonds is 12. The van der Waals surface area contributed by atoms with Crippen LogP contribution in [0.15, 0.2) is 0 Å². The van der Waals surface area contributed by atoms with E-state index in [1.165, 1.54) is 0 Å². The molecule has 0 aromatic carbocycles. The fourth-order valence-corrected chi connectivity index (χ4v) is 1.86. The average molecular weight is 374 g/mol. The summed E-state index contributed by atoms with van der Waals surface area (Å²) < 4.78 is 39.7. The van der Waals surface area contributed by atoms with Crippen LogP contribution in [0.5, 0.6) is 0 Å². The molecule has 0 amide bonds. The lowest BCUT2D eigenvalue weighted by Gasteiger charge is -2.31. The predicted molar refractivity (Wildman–Crippen MR) is 87.5 cm³/mol. The SMILES string of the molecule is CC(C)(COC(=O)CCSF)OCC(C)(C)OC(=O)CCSF. The molecule has 0 N–H and O–H groups in total. The molecule has 0 bridgehead atoms. The molecule has 0 spiro atoms. The molecule has 9 heteroatoms. The van der Waals surface area contributed by atoms with Gasteiger partial charge in [0.1, 0.15) is 12.2 Å². The monoisotopic (exact) mass is 374 g/mol. The number of hydrogen-bond donors (Lipinski definition) is 0. The molecule has 23 heavy (non-hydrogen) atoms. The molecule has 0 aliphatic rings. The van der Waals surface area contributed by atoms with Gasteiger partial charge in [-0.05, 0) is 27.7 Å². The number of hydrogen-bond acceptors (Lipinski definition) is 7. The van der Waals surface area contributed by atoms with Crippen molar-refractivity contribution in [2.45, 2.75) is 51.7 Å². The number of halogens is 2. The molecule has 0 heterocycles. The van der Waals surface area contributed by atoms with E-state index in [2.05, 4.69) is 0 Å². The topological polar surface area (TPSA) is 61.8 Å². The van der Waals surface area contributed by atoms with Gasteiger partial charge in [0, 0.05) is 35.8 Å². The Morgan fingerprint density at radius 2 is 1.39 bits per heavy atom. The van der Waals surface area contributed by atoms with Crippen LogP contribution in [0.4, 0.5) is 7.77 Å². The third-order valence-corrected chi connectivity index (χ3v) is 3.26. The van der Waals surface area contributed by atoms with Crippen LogP contribution in [0, 0.1) is 0 Å². The lowest BCUT2D eigenvalue weighted by atomic mass is 10.1. The summed E-state index contributed by atoms with van der Waals surface area (Å²) in [4.78, 5) is 22.8. The zero-order chi connectivity index (χ0) is 17.9. The molecular formula is C14H24F2O5S2. The van der Waals surface area contributed by atoms with Crippen molar-refractivity contribution in [3.05, 3.63) is 0 Å². The zero-order valence-electron chi connectivity index (χ0n) is 13.9. The van der Waals surface area contributed by atoms with Crippen LogP contribution in [0.25, 0.3) is 0 Å². The van der Waals surface area contributed by atoms with E-state index in [9.17, 15) is 17.4 Å². The number of ether oxygens (including phenoxy) is 3. The van der Waals surface area contributed by atoms with E-state index in [0.717, 1.165) is 0 Å². The Labute approximate surface area is 144 Å². The van der Waals surface area contributed by atoms with Gasteiger partial charge in [0.05, 0.1) is 25.0 Å². The molecule has 0 aromatic heterocycles. The van der Waals surface area contributed by atoms with E-state index in [0.29, 0.717) is 0 Å². The summed E-state index contributed by atoms with van der Waals surface area (Å²) in [6.45, 7) is 6.89. The second-order valence-electron chi connectivity index (χ2n) is 6.07. The normalized spacial score (nSPS) is 12.1. The minimum absolute atomic E-state index is 0.00526. The third-order valence-electron chi connectivity index (χ3n) is 2.55. The van der Waals surface area contributed by atoms with Crippen molar-refractivity contribution in [1.82, 2.24) is 0 Å². The van der Waals surface area contributed by atoms with Crippen LogP contribution in [0.1, 0.15) is 40.5 Å². The molecule has 0 atom stereocenters. The van der Waals surface area contributed by atoms with E-state index in [4.69, 9.17) is 14.2 Å². The summed E-state index contributed by atoms with van der Waals surface area (Å²) in [5, 5.41) is 0. The maximum atomic E-state index is 11.9. The van der Waals surface area contributed by atoms with Gasteiger partial charge in [-0.2, -0.15) is 7.77 Å².